The number of aryl methyl sites for hydroxylation is 3. The van der Waals surface area contributed by atoms with Crippen molar-refractivity contribution >= 4 is 34.7 Å². The Morgan fingerprint density at radius 3 is 2.40 bits per heavy atom. The lowest BCUT2D eigenvalue weighted by Gasteiger charge is -2.15. The third-order valence-corrected chi connectivity index (χ3v) is 7.06. The van der Waals surface area contributed by atoms with Crippen molar-refractivity contribution in [2.24, 2.45) is 0 Å². The van der Waals surface area contributed by atoms with E-state index in [1.165, 1.54) is 27.8 Å². The highest BCUT2D eigenvalue weighted by atomic mass is 32.2. The van der Waals surface area contributed by atoms with Crippen molar-refractivity contribution in [1.29, 1.82) is 0 Å². The summed E-state index contributed by atoms with van der Waals surface area (Å²) in [5, 5.41) is 14.9. The number of carbonyl (C=O) groups excluding carboxylic acids is 1. The van der Waals surface area contributed by atoms with Crippen LogP contribution >= 0.6 is 23.1 Å². The second kappa shape index (κ2) is 10.3. The topological polar surface area (TPSA) is 59.8 Å². The lowest BCUT2D eigenvalue weighted by molar-refractivity contribution is -0.113. The average molecular weight is 443 g/mol. The second-order valence-corrected chi connectivity index (χ2v) is 9.36. The number of thioether (sulfide) groups is 1. The van der Waals surface area contributed by atoms with E-state index in [4.69, 9.17) is 0 Å². The van der Waals surface area contributed by atoms with Crippen LogP contribution in [0.25, 0.3) is 11.4 Å². The largest absolute Gasteiger partial charge is 0.325 e. The Morgan fingerprint density at radius 1 is 1.13 bits per heavy atom. The summed E-state index contributed by atoms with van der Waals surface area (Å²) in [6.07, 6.45) is 2.80. The van der Waals surface area contributed by atoms with Crippen LogP contribution in [-0.4, -0.2) is 26.4 Å². The summed E-state index contributed by atoms with van der Waals surface area (Å²) in [6, 6.07) is 8.61. The zero-order chi connectivity index (χ0) is 21.7. The van der Waals surface area contributed by atoms with Crippen LogP contribution in [0.5, 0.6) is 0 Å². The van der Waals surface area contributed by atoms with E-state index >= 15 is 0 Å². The molecule has 0 aliphatic carbocycles. The van der Waals surface area contributed by atoms with Gasteiger partial charge in [-0.3, -0.25) is 9.36 Å². The Bertz CT molecular complexity index is 984. The normalized spacial score (nSPS) is 11.3. The molecule has 0 atom stereocenters. The van der Waals surface area contributed by atoms with Gasteiger partial charge in [0.05, 0.1) is 5.75 Å². The molecule has 0 aliphatic rings. The molecule has 0 aliphatic heterocycles. The van der Waals surface area contributed by atoms with Gasteiger partial charge in [0, 0.05) is 27.5 Å². The standard InChI is InChI=1S/C23H30N4OS2/c1-6-16-10-9-11-17(7-2)21(16)24-20(28)14-30-23-26-25-22(27(23)15(4)5)18-12-19(8-3)29-13-18/h9-13,15H,6-8,14H2,1-5H3,(H,24,28). The molecule has 0 unspecified atom stereocenters. The summed E-state index contributed by atoms with van der Waals surface area (Å²) in [4.78, 5) is 14.1. The molecule has 2 heterocycles. The average Bonchev–Trinajstić information content (AvgIpc) is 3.39. The van der Waals surface area contributed by atoms with Crippen molar-refractivity contribution in [3.05, 3.63) is 45.6 Å². The Kier molecular flexibility index (Phi) is 7.72. The van der Waals surface area contributed by atoms with Gasteiger partial charge in [-0.1, -0.05) is 50.7 Å². The van der Waals surface area contributed by atoms with Gasteiger partial charge in [-0.05, 0) is 50.3 Å². The fraction of sp³-hybridized carbons (Fsp3) is 0.435. The number of hydrogen-bond donors (Lipinski definition) is 1. The number of nitrogens with zero attached hydrogens (tertiary/aromatic N) is 3. The van der Waals surface area contributed by atoms with Gasteiger partial charge in [0.1, 0.15) is 0 Å². The van der Waals surface area contributed by atoms with Gasteiger partial charge in [-0.2, -0.15) is 0 Å². The summed E-state index contributed by atoms with van der Waals surface area (Å²) in [7, 11) is 0. The van der Waals surface area contributed by atoms with Gasteiger partial charge < -0.3 is 5.32 Å². The van der Waals surface area contributed by atoms with Gasteiger partial charge in [-0.15, -0.1) is 21.5 Å². The summed E-state index contributed by atoms with van der Waals surface area (Å²) >= 11 is 3.19. The van der Waals surface area contributed by atoms with Crippen LogP contribution in [0.2, 0.25) is 0 Å². The maximum absolute atomic E-state index is 12.7. The van der Waals surface area contributed by atoms with Crippen molar-refractivity contribution in [2.75, 3.05) is 11.1 Å². The van der Waals surface area contributed by atoms with Gasteiger partial charge >= 0.3 is 0 Å². The lowest BCUT2D eigenvalue weighted by atomic mass is 10.0. The van der Waals surface area contributed by atoms with Crippen LogP contribution in [0, 0.1) is 0 Å². The number of rotatable bonds is 9. The number of benzene rings is 1. The molecule has 1 aromatic carbocycles. The lowest BCUT2D eigenvalue weighted by Crippen LogP contribution is -2.17. The van der Waals surface area contributed by atoms with E-state index in [1.54, 1.807) is 11.3 Å². The molecule has 0 saturated heterocycles. The fourth-order valence-electron chi connectivity index (χ4n) is 3.43. The molecule has 1 N–H and O–H groups in total. The summed E-state index contributed by atoms with van der Waals surface area (Å²) < 4.78 is 2.12. The summed E-state index contributed by atoms with van der Waals surface area (Å²) in [5.74, 6) is 1.16. The predicted octanol–water partition coefficient (Wildman–Crippen LogP) is 6.01. The number of para-hydroxylation sites is 1. The first-order valence-electron chi connectivity index (χ1n) is 10.5. The van der Waals surface area contributed by atoms with E-state index in [2.05, 4.69) is 84.3 Å². The van der Waals surface area contributed by atoms with Gasteiger partial charge in [-0.25, -0.2) is 0 Å². The molecule has 0 saturated carbocycles. The highest BCUT2D eigenvalue weighted by Crippen LogP contribution is 2.31. The second-order valence-electron chi connectivity index (χ2n) is 7.42. The van der Waals surface area contributed by atoms with Gasteiger partial charge in [0.2, 0.25) is 5.91 Å². The molecule has 1 amide bonds. The van der Waals surface area contributed by atoms with Crippen LogP contribution in [0.1, 0.15) is 56.7 Å². The first-order valence-corrected chi connectivity index (χ1v) is 12.4. The number of thiophene rings is 1. The number of anilines is 1. The Hall–Kier alpha value is -2.12. The predicted molar refractivity (Wildman–Crippen MR) is 128 cm³/mol. The molecule has 0 spiro atoms. The molecular formula is C23H30N4OS2. The van der Waals surface area contributed by atoms with Crippen molar-refractivity contribution in [2.45, 2.75) is 65.1 Å². The van der Waals surface area contributed by atoms with Crippen molar-refractivity contribution in [3.63, 3.8) is 0 Å². The smallest absolute Gasteiger partial charge is 0.234 e. The first-order chi connectivity index (χ1) is 14.5. The van der Waals surface area contributed by atoms with E-state index < -0.39 is 0 Å². The van der Waals surface area contributed by atoms with Crippen LogP contribution in [0.3, 0.4) is 0 Å². The number of aromatic nitrogens is 3. The molecule has 160 valence electrons. The Balaban J connectivity index is 1.76. The van der Waals surface area contributed by atoms with E-state index in [0.717, 1.165) is 41.5 Å². The zero-order valence-electron chi connectivity index (χ0n) is 18.4. The first kappa shape index (κ1) is 22.6. The SMILES string of the molecule is CCc1cc(-c2nnc(SCC(=O)Nc3c(CC)cccc3CC)n2C(C)C)cs1. The molecule has 0 bridgehead atoms. The molecule has 0 radical (unpaired) electrons. The zero-order valence-corrected chi connectivity index (χ0v) is 20.0. The minimum Gasteiger partial charge on any atom is -0.325 e. The van der Waals surface area contributed by atoms with Crippen LogP contribution in [0.4, 0.5) is 5.69 Å². The highest BCUT2D eigenvalue weighted by Gasteiger charge is 2.19. The monoisotopic (exact) mass is 442 g/mol. The van der Waals surface area contributed by atoms with Crippen LogP contribution in [-0.2, 0) is 24.1 Å². The van der Waals surface area contributed by atoms with E-state index in [9.17, 15) is 4.79 Å². The molecule has 0 fully saturated rings. The molecule has 7 heteroatoms. The van der Waals surface area contributed by atoms with Crippen molar-refractivity contribution in [1.82, 2.24) is 14.8 Å². The van der Waals surface area contributed by atoms with E-state index in [-0.39, 0.29) is 11.9 Å². The maximum atomic E-state index is 12.7. The van der Waals surface area contributed by atoms with E-state index in [0.29, 0.717) is 5.75 Å². The fourth-order valence-corrected chi connectivity index (χ4v) is 5.11. The number of amides is 1. The third kappa shape index (κ3) is 4.95. The van der Waals surface area contributed by atoms with Gasteiger partial charge in [0.15, 0.2) is 11.0 Å². The summed E-state index contributed by atoms with van der Waals surface area (Å²) in [6.45, 7) is 10.6. The Labute approximate surface area is 187 Å². The maximum Gasteiger partial charge on any atom is 0.234 e. The minimum absolute atomic E-state index is 0.0146. The van der Waals surface area contributed by atoms with Crippen LogP contribution in [0.15, 0.2) is 34.8 Å². The van der Waals surface area contributed by atoms with Gasteiger partial charge in [0.25, 0.3) is 0 Å². The summed E-state index contributed by atoms with van der Waals surface area (Å²) in [5.41, 5.74) is 4.40. The van der Waals surface area contributed by atoms with Crippen molar-refractivity contribution in [3.8, 4) is 11.4 Å². The molecular weight excluding hydrogens is 412 g/mol. The molecule has 3 aromatic rings. The van der Waals surface area contributed by atoms with Crippen LogP contribution < -0.4 is 5.32 Å². The quantitative estimate of drug-likeness (QED) is 0.413. The Morgan fingerprint density at radius 2 is 1.83 bits per heavy atom. The number of carbonyl (C=O) groups is 1. The van der Waals surface area contributed by atoms with E-state index in [1.807, 2.05) is 0 Å². The molecule has 30 heavy (non-hydrogen) atoms. The number of hydrogen-bond acceptors (Lipinski definition) is 5. The molecule has 2 aromatic heterocycles. The molecule has 5 nitrogen and oxygen atoms in total. The third-order valence-electron chi connectivity index (χ3n) is 5.04. The van der Waals surface area contributed by atoms with Crippen molar-refractivity contribution < 1.29 is 4.79 Å². The minimum atomic E-state index is -0.0146. The number of nitrogens with one attached hydrogen (secondary N) is 1. The molecule has 3 rings (SSSR count). The highest BCUT2D eigenvalue weighted by molar-refractivity contribution is 7.99.